The van der Waals surface area contributed by atoms with Crippen LogP contribution in [0.3, 0.4) is 0 Å². The Labute approximate surface area is 136 Å². The van der Waals surface area contributed by atoms with E-state index >= 15 is 0 Å². The smallest absolute Gasteiger partial charge is 0.240 e. The molecule has 122 valence electrons. The van der Waals surface area contributed by atoms with Crippen LogP contribution in [0.1, 0.15) is 37.9 Å². The molecule has 6 heteroatoms. The molecule has 6 nitrogen and oxygen atoms in total. The molecule has 1 amide bonds. The number of hydrogen-bond donors (Lipinski definition) is 0. The summed E-state index contributed by atoms with van der Waals surface area (Å²) in [5.41, 5.74) is 0.923. The molecule has 23 heavy (non-hydrogen) atoms. The van der Waals surface area contributed by atoms with Crippen LogP contribution in [0.15, 0.2) is 34.9 Å². The summed E-state index contributed by atoms with van der Waals surface area (Å²) in [7, 11) is 0. The zero-order chi connectivity index (χ0) is 16.2. The average molecular weight is 314 g/mol. The van der Waals surface area contributed by atoms with Crippen molar-refractivity contribution in [1.29, 1.82) is 0 Å². The van der Waals surface area contributed by atoms with Crippen LogP contribution in [0.25, 0.3) is 0 Å². The first-order valence-corrected chi connectivity index (χ1v) is 8.11. The molecule has 1 aromatic heterocycles. The molecule has 2 heterocycles. The van der Waals surface area contributed by atoms with E-state index in [1.165, 1.54) is 0 Å². The maximum Gasteiger partial charge on any atom is 0.240 e. The lowest BCUT2D eigenvalue weighted by atomic mass is 10.1. The van der Waals surface area contributed by atoms with Crippen LogP contribution in [0, 0.1) is 0 Å². The second kappa shape index (κ2) is 6.91. The summed E-state index contributed by atoms with van der Waals surface area (Å²) in [5.74, 6) is 1.36. The van der Waals surface area contributed by atoms with E-state index in [1.54, 1.807) is 4.90 Å². The zero-order valence-corrected chi connectivity index (χ0v) is 13.6. The predicted octanol–water partition coefficient (Wildman–Crippen LogP) is 2.43. The molecule has 0 unspecified atom stereocenters. The van der Waals surface area contributed by atoms with Crippen molar-refractivity contribution >= 4 is 11.6 Å². The van der Waals surface area contributed by atoms with Crippen LogP contribution in [0.4, 0.5) is 5.69 Å². The highest BCUT2D eigenvalue weighted by molar-refractivity contribution is 5.96. The van der Waals surface area contributed by atoms with E-state index in [0.717, 1.165) is 18.8 Å². The number of para-hydroxylation sites is 1. The van der Waals surface area contributed by atoms with Gasteiger partial charge < -0.3 is 9.42 Å². The fourth-order valence-electron chi connectivity index (χ4n) is 2.87. The number of benzene rings is 1. The van der Waals surface area contributed by atoms with Crippen molar-refractivity contribution < 1.29 is 9.32 Å². The first kappa shape index (κ1) is 15.7. The largest absolute Gasteiger partial charge is 0.338 e. The Hall–Kier alpha value is -2.21. The number of aromatic nitrogens is 2. The molecule has 0 spiro atoms. The molecule has 3 rings (SSSR count). The average Bonchev–Trinajstić information content (AvgIpc) is 3.20. The summed E-state index contributed by atoms with van der Waals surface area (Å²) in [5, 5.41) is 4.09. The highest BCUT2D eigenvalue weighted by atomic mass is 16.5. The Kier molecular flexibility index (Phi) is 4.71. The van der Waals surface area contributed by atoms with E-state index < -0.39 is 0 Å². The van der Waals surface area contributed by atoms with E-state index in [1.807, 2.05) is 30.3 Å². The van der Waals surface area contributed by atoms with Gasteiger partial charge in [0.2, 0.25) is 11.8 Å². The molecular formula is C17H22N4O2. The molecular weight excluding hydrogens is 292 g/mol. The fourth-order valence-corrected chi connectivity index (χ4v) is 2.87. The lowest BCUT2D eigenvalue weighted by Gasteiger charge is -2.15. The third-order valence-corrected chi connectivity index (χ3v) is 4.30. The van der Waals surface area contributed by atoms with Gasteiger partial charge in [-0.3, -0.25) is 9.69 Å². The molecule has 0 aliphatic carbocycles. The Bertz CT molecular complexity index is 652. The number of carbonyl (C=O) groups excluding carboxylic acids is 1. The molecule has 0 saturated carbocycles. The number of amides is 1. The second-order valence-corrected chi connectivity index (χ2v) is 5.75. The van der Waals surface area contributed by atoms with Gasteiger partial charge in [-0.15, -0.1) is 0 Å². The van der Waals surface area contributed by atoms with Gasteiger partial charge >= 0.3 is 0 Å². The van der Waals surface area contributed by atoms with Crippen molar-refractivity contribution in [3.8, 4) is 0 Å². The molecule has 1 aliphatic rings. The summed E-state index contributed by atoms with van der Waals surface area (Å²) >= 11 is 0. The lowest BCUT2D eigenvalue weighted by Crippen LogP contribution is -2.24. The quantitative estimate of drug-likeness (QED) is 0.819. The van der Waals surface area contributed by atoms with E-state index in [2.05, 4.69) is 28.9 Å². The summed E-state index contributed by atoms with van der Waals surface area (Å²) in [4.78, 5) is 20.8. The van der Waals surface area contributed by atoms with Crippen LogP contribution in [0.5, 0.6) is 0 Å². The van der Waals surface area contributed by atoms with Gasteiger partial charge in [0.25, 0.3) is 0 Å². The Morgan fingerprint density at radius 2 is 2.00 bits per heavy atom. The van der Waals surface area contributed by atoms with E-state index in [4.69, 9.17) is 4.52 Å². The van der Waals surface area contributed by atoms with Gasteiger partial charge in [0, 0.05) is 24.6 Å². The van der Waals surface area contributed by atoms with Gasteiger partial charge in [-0.2, -0.15) is 4.98 Å². The van der Waals surface area contributed by atoms with E-state index in [0.29, 0.717) is 31.2 Å². The van der Waals surface area contributed by atoms with Crippen LogP contribution < -0.4 is 4.90 Å². The molecule has 0 radical (unpaired) electrons. The highest BCUT2D eigenvalue weighted by Gasteiger charge is 2.34. The van der Waals surface area contributed by atoms with Gasteiger partial charge in [-0.25, -0.2) is 0 Å². The number of hydrogen-bond acceptors (Lipinski definition) is 5. The number of nitrogens with zero attached hydrogens (tertiary/aromatic N) is 4. The molecule has 1 aromatic carbocycles. The monoisotopic (exact) mass is 314 g/mol. The SMILES string of the molecule is CCN(CC)Cc1nc([C@@H]2CC(=O)N(c3ccccc3)C2)no1. The van der Waals surface area contributed by atoms with Crippen LogP contribution >= 0.6 is 0 Å². The van der Waals surface area contributed by atoms with Gasteiger partial charge in [0.1, 0.15) is 0 Å². The molecule has 1 saturated heterocycles. The third-order valence-electron chi connectivity index (χ3n) is 4.30. The number of anilines is 1. The molecule has 0 bridgehead atoms. The van der Waals surface area contributed by atoms with E-state index in [9.17, 15) is 4.79 Å². The number of rotatable bonds is 6. The van der Waals surface area contributed by atoms with Crippen LogP contribution in [0.2, 0.25) is 0 Å². The van der Waals surface area contributed by atoms with Crippen LogP contribution in [-0.2, 0) is 11.3 Å². The topological polar surface area (TPSA) is 62.5 Å². The minimum atomic E-state index is -0.00286. The van der Waals surface area contributed by atoms with Gasteiger partial charge in [0.05, 0.1) is 6.54 Å². The fraction of sp³-hybridized carbons (Fsp3) is 0.471. The predicted molar refractivity (Wildman–Crippen MR) is 87.1 cm³/mol. The van der Waals surface area contributed by atoms with Crippen molar-refractivity contribution in [2.75, 3.05) is 24.5 Å². The van der Waals surface area contributed by atoms with Crippen molar-refractivity contribution in [2.24, 2.45) is 0 Å². The van der Waals surface area contributed by atoms with E-state index in [-0.39, 0.29) is 11.8 Å². The minimum absolute atomic E-state index is 0.00286. The van der Waals surface area contributed by atoms with Crippen molar-refractivity contribution in [3.63, 3.8) is 0 Å². The molecule has 1 aliphatic heterocycles. The Morgan fingerprint density at radius 3 is 2.70 bits per heavy atom. The standard InChI is InChI=1S/C17H22N4O2/c1-3-20(4-2)12-15-18-17(19-23-15)13-10-16(22)21(11-13)14-8-6-5-7-9-14/h5-9,13H,3-4,10-12H2,1-2H3/t13-/m1/s1. The van der Waals surface area contributed by atoms with Gasteiger partial charge in [-0.1, -0.05) is 37.2 Å². The minimum Gasteiger partial charge on any atom is -0.338 e. The van der Waals surface area contributed by atoms with Crippen molar-refractivity contribution in [3.05, 3.63) is 42.0 Å². The highest BCUT2D eigenvalue weighted by Crippen LogP contribution is 2.30. The molecule has 2 aromatic rings. The third kappa shape index (κ3) is 3.42. The summed E-state index contributed by atoms with van der Waals surface area (Å²) in [6, 6.07) is 9.71. The summed E-state index contributed by atoms with van der Waals surface area (Å²) < 4.78 is 5.35. The summed E-state index contributed by atoms with van der Waals surface area (Å²) in [6.45, 7) is 7.36. The lowest BCUT2D eigenvalue weighted by molar-refractivity contribution is -0.117. The van der Waals surface area contributed by atoms with Crippen LogP contribution in [-0.4, -0.2) is 40.6 Å². The Balaban J connectivity index is 1.69. The number of carbonyl (C=O) groups is 1. The first-order chi connectivity index (χ1) is 11.2. The Morgan fingerprint density at radius 1 is 1.26 bits per heavy atom. The van der Waals surface area contributed by atoms with Crippen molar-refractivity contribution in [1.82, 2.24) is 15.0 Å². The van der Waals surface area contributed by atoms with Gasteiger partial charge in [-0.05, 0) is 25.2 Å². The maximum absolute atomic E-state index is 12.3. The molecule has 0 N–H and O–H groups in total. The maximum atomic E-state index is 12.3. The van der Waals surface area contributed by atoms with Gasteiger partial charge in [0.15, 0.2) is 5.82 Å². The molecule has 1 fully saturated rings. The van der Waals surface area contributed by atoms with Crippen molar-refractivity contribution in [2.45, 2.75) is 32.7 Å². The normalized spacial score (nSPS) is 18.1. The molecule has 1 atom stereocenters. The second-order valence-electron chi connectivity index (χ2n) is 5.75. The summed E-state index contributed by atoms with van der Waals surface area (Å²) in [6.07, 6.45) is 0.430. The zero-order valence-electron chi connectivity index (χ0n) is 13.6. The first-order valence-electron chi connectivity index (χ1n) is 8.11.